The Kier molecular flexibility index (Phi) is 4.59. The van der Waals surface area contributed by atoms with E-state index in [-0.39, 0.29) is 0 Å². The van der Waals surface area contributed by atoms with Gasteiger partial charge in [0.15, 0.2) is 5.82 Å². The SMILES string of the molecule is Cc1nnc(-c2ccc(-c3ccc4occc4c3)cc2)n1CC1CCN(C(=O)C2CC2)C1. The van der Waals surface area contributed by atoms with E-state index in [0.29, 0.717) is 17.7 Å². The predicted molar refractivity (Wildman–Crippen MR) is 123 cm³/mol. The van der Waals surface area contributed by atoms with E-state index in [1.54, 1.807) is 6.26 Å². The standard InChI is InChI=1S/C26H26N4O2/c1-17-27-28-25(30(17)16-18-10-12-29(15-18)26(31)21-6-7-21)20-4-2-19(3-5-20)22-8-9-24-23(14-22)11-13-32-24/h2-5,8-9,11,13-14,18,21H,6-7,10,12,15-16H2,1H3. The summed E-state index contributed by atoms with van der Waals surface area (Å²) in [6.45, 7) is 4.59. The lowest BCUT2D eigenvalue weighted by Crippen LogP contribution is -2.30. The van der Waals surface area contributed by atoms with E-state index in [1.165, 1.54) is 0 Å². The molecule has 1 aliphatic carbocycles. The first-order valence-corrected chi connectivity index (χ1v) is 11.4. The zero-order chi connectivity index (χ0) is 21.7. The molecule has 0 radical (unpaired) electrons. The van der Waals surface area contributed by atoms with Crippen molar-refractivity contribution in [3.63, 3.8) is 0 Å². The molecule has 162 valence electrons. The third-order valence-corrected chi connectivity index (χ3v) is 6.83. The summed E-state index contributed by atoms with van der Waals surface area (Å²) >= 11 is 0. The van der Waals surface area contributed by atoms with Crippen molar-refractivity contribution in [3.8, 4) is 22.5 Å². The average molecular weight is 427 g/mol. The molecule has 1 atom stereocenters. The number of carbonyl (C=O) groups excluding carboxylic acids is 1. The molecular formula is C26H26N4O2. The Morgan fingerprint density at radius 3 is 2.59 bits per heavy atom. The smallest absolute Gasteiger partial charge is 0.225 e. The van der Waals surface area contributed by atoms with Crippen LogP contribution in [0.25, 0.3) is 33.5 Å². The van der Waals surface area contributed by atoms with Gasteiger partial charge in [-0.05, 0) is 61.4 Å². The second-order valence-electron chi connectivity index (χ2n) is 9.15. The van der Waals surface area contributed by atoms with Gasteiger partial charge in [-0.1, -0.05) is 30.3 Å². The summed E-state index contributed by atoms with van der Waals surface area (Å²) < 4.78 is 7.66. The number of hydrogen-bond donors (Lipinski definition) is 0. The minimum Gasteiger partial charge on any atom is -0.464 e. The van der Waals surface area contributed by atoms with Crippen LogP contribution in [0.4, 0.5) is 0 Å². The number of amides is 1. The zero-order valence-electron chi connectivity index (χ0n) is 18.2. The van der Waals surface area contributed by atoms with E-state index in [9.17, 15) is 4.79 Å². The highest BCUT2D eigenvalue weighted by molar-refractivity contribution is 5.84. The normalized spacial score (nSPS) is 18.5. The third kappa shape index (κ3) is 3.49. The molecular weight excluding hydrogens is 400 g/mol. The molecule has 0 bridgehead atoms. The van der Waals surface area contributed by atoms with Gasteiger partial charge < -0.3 is 13.9 Å². The van der Waals surface area contributed by atoms with Crippen molar-refractivity contribution < 1.29 is 9.21 Å². The molecule has 1 saturated heterocycles. The van der Waals surface area contributed by atoms with E-state index in [2.05, 4.69) is 56.1 Å². The van der Waals surface area contributed by atoms with Crippen LogP contribution in [-0.2, 0) is 11.3 Å². The summed E-state index contributed by atoms with van der Waals surface area (Å²) in [4.78, 5) is 14.5. The van der Waals surface area contributed by atoms with Crippen LogP contribution in [0.15, 0.2) is 59.2 Å². The molecule has 0 N–H and O–H groups in total. The van der Waals surface area contributed by atoms with Gasteiger partial charge in [0.2, 0.25) is 5.91 Å². The average Bonchev–Trinajstić information content (AvgIpc) is 3.21. The van der Waals surface area contributed by atoms with Gasteiger partial charge in [0.05, 0.1) is 6.26 Å². The van der Waals surface area contributed by atoms with Crippen LogP contribution < -0.4 is 0 Å². The molecule has 4 aromatic rings. The number of fused-ring (bicyclic) bond motifs is 1. The molecule has 1 aliphatic heterocycles. The minimum atomic E-state index is 0.300. The fourth-order valence-corrected chi connectivity index (χ4v) is 4.80. The van der Waals surface area contributed by atoms with Gasteiger partial charge in [0.1, 0.15) is 11.4 Å². The number of hydrogen-bond acceptors (Lipinski definition) is 4. The van der Waals surface area contributed by atoms with Crippen LogP contribution in [0.5, 0.6) is 0 Å². The Hall–Kier alpha value is -3.41. The molecule has 2 fully saturated rings. The molecule has 1 unspecified atom stereocenters. The van der Waals surface area contributed by atoms with Gasteiger partial charge >= 0.3 is 0 Å². The Balaban J connectivity index is 1.21. The second-order valence-corrected chi connectivity index (χ2v) is 9.15. The monoisotopic (exact) mass is 426 g/mol. The molecule has 6 heteroatoms. The van der Waals surface area contributed by atoms with E-state index in [1.807, 2.05) is 19.1 Å². The molecule has 2 aromatic heterocycles. The van der Waals surface area contributed by atoms with E-state index in [0.717, 1.165) is 78.2 Å². The highest BCUT2D eigenvalue weighted by Crippen LogP contribution is 2.33. The van der Waals surface area contributed by atoms with Crippen LogP contribution in [0.1, 0.15) is 25.1 Å². The van der Waals surface area contributed by atoms with Crippen molar-refractivity contribution in [2.45, 2.75) is 32.7 Å². The van der Waals surface area contributed by atoms with Gasteiger partial charge in [-0.25, -0.2) is 0 Å². The molecule has 6 nitrogen and oxygen atoms in total. The Labute approximate surface area is 186 Å². The fourth-order valence-electron chi connectivity index (χ4n) is 4.80. The Bertz CT molecular complexity index is 1280. The summed E-state index contributed by atoms with van der Waals surface area (Å²) in [5, 5.41) is 9.94. The first kappa shape index (κ1) is 19.3. The largest absolute Gasteiger partial charge is 0.464 e. The van der Waals surface area contributed by atoms with Crippen molar-refractivity contribution in [2.24, 2.45) is 11.8 Å². The topological polar surface area (TPSA) is 64.2 Å². The van der Waals surface area contributed by atoms with Crippen LogP contribution in [0.2, 0.25) is 0 Å². The van der Waals surface area contributed by atoms with Crippen LogP contribution in [0, 0.1) is 18.8 Å². The number of aryl methyl sites for hydroxylation is 1. The maximum atomic E-state index is 12.4. The molecule has 1 amide bonds. The molecule has 6 rings (SSSR count). The molecule has 2 aliphatic rings. The van der Waals surface area contributed by atoms with Gasteiger partial charge in [0, 0.05) is 36.5 Å². The van der Waals surface area contributed by atoms with Gasteiger partial charge in [-0.15, -0.1) is 10.2 Å². The van der Waals surface area contributed by atoms with Crippen molar-refractivity contribution in [1.82, 2.24) is 19.7 Å². The summed E-state index contributed by atoms with van der Waals surface area (Å²) in [5.74, 6) is 2.92. The quantitative estimate of drug-likeness (QED) is 0.454. The van der Waals surface area contributed by atoms with E-state index < -0.39 is 0 Å². The highest BCUT2D eigenvalue weighted by atomic mass is 16.3. The lowest BCUT2D eigenvalue weighted by molar-refractivity contribution is -0.131. The number of furan rings is 1. The number of nitrogens with zero attached hydrogens (tertiary/aromatic N) is 4. The first-order chi connectivity index (χ1) is 15.7. The fraction of sp³-hybridized carbons (Fsp3) is 0.346. The lowest BCUT2D eigenvalue weighted by atomic mass is 10.0. The van der Waals surface area contributed by atoms with Gasteiger partial charge in [0.25, 0.3) is 0 Å². The number of aromatic nitrogens is 3. The minimum absolute atomic E-state index is 0.300. The van der Waals surface area contributed by atoms with Crippen molar-refractivity contribution in [2.75, 3.05) is 13.1 Å². The third-order valence-electron chi connectivity index (χ3n) is 6.83. The Morgan fingerprint density at radius 1 is 1.00 bits per heavy atom. The Morgan fingerprint density at radius 2 is 1.78 bits per heavy atom. The summed E-state index contributed by atoms with van der Waals surface area (Å²) in [5.41, 5.74) is 4.28. The number of benzene rings is 2. The maximum Gasteiger partial charge on any atom is 0.225 e. The van der Waals surface area contributed by atoms with E-state index in [4.69, 9.17) is 4.42 Å². The van der Waals surface area contributed by atoms with Gasteiger partial charge in [-0.2, -0.15) is 0 Å². The zero-order valence-corrected chi connectivity index (χ0v) is 18.2. The maximum absolute atomic E-state index is 12.4. The summed E-state index contributed by atoms with van der Waals surface area (Å²) in [6.07, 6.45) is 4.91. The summed E-state index contributed by atoms with van der Waals surface area (Å²) in [6, 6.07) is 16.7. The number of likely N-dealkylation sites (tertiary alicyclic amines) is 1. The molecule has 32 heavy (non-hydrogen) atoms. The van der Waals surface area contributed by atoms with E-state index >= 15 is 0 Å². The van der Waals surface area contributed by atoms with Crippen LogP contribution >= 0.6 is 0 Å². The first-order valence-electron chi connectivity index (χ1n) is 11.4. The molecule has 2 aromatic carbocycles. The van der Waals surface area contributed by atoms with Crippen molar-refractivity contribution in [1.29, 1.82) is 0 Å². The summed E-state index contributed by atoms with van der Waals surface area (Å²) in [7, 11) is 0. The number of rotatable bonds is 5. The predicted octanol–water partition coefficient (Wildman–Crippen LogP) is 4.93. The van der Waals surface area contributed by atoms with Crippen molar-refractivity contribution in [3.05, 3.63) is 60.6 Å². The molecule has 0 spiro atoms. The lowest BCUT2D eigenvalue weighted by Gasteiger charge is -2.17. The molecule has 1 saturated carbocycles. The van der Waals surface area contributed by atoms with Gasteiger partial charge in [-0.3, -0.25) is 4.79 Å². The van der Waals surface area contributed by atoms with Crippen LogP contribution in [0.3, 0.4) is 0 Å². The second kappa shape index (κ2) is 7.62. The number of carbonyl (C=O) groups is 1. The highest BCUT2D eigenvalue weighted by Gasteiger charge is 2.36. The molecule has 3 heterocycles. The van der Waals surface area contributed by atoms with Crippen molar-refractivity contribution >= 4 is 16.9 Å². The van der Waals surface area contributed by atoms with Crippen LogP contribution in [-0.4, -0.2) is 38.7 Å².